The molecule has 0 aromatic rings. The molecule has 1 N–H and O–H groups in total. The van der Waals surface area contributed by atoms with Crippen molar-refractivity contribution in [2.24, 2.45) is 0 Å². The van der Waals surface area contributed by atoms with Crippen molar-refractivity contribution >= 4 is 17.6 Å². The first-order valence-electron chi connectivity index (χ1n) is 7.19. The third-order valence-corrected chi connectivity index (χ3v) is 3.30. The molecule has 0 saturated heterocycles. The number of carboxylic acids is 1. The second kappa shape index (κ2) is 12.9. The molecule has 0 aromatic carbocycles. The maximum atomic E-state index is 10.3. The Morgan fingerprint density at radius 1 is 1.17 bits per heavy atom. The maximum Gasteiger partial charge on any atom is 0.303 e. The number of unbranched alkanes of at least 4 members (excludes halogenated alkanes) is 6. The number of aliphatic carboxylic acids is 1. The predicted octanol–water partition coefficient (Wildman–Crippen LogP) is 5.16. The van der Waals surface area contributed by atoms with Crippen molar-refractivity contribution < 1.29 is 9.90 Å². The van der Waals surface area contributed by atoms with Gasteiger partial charge in [-0.05, 0) is 25.7 Å². The molecule has 0 amide bonds. The molecule has 0 radical (unpaired) electrons. The summed E-state index contributed by atoms with van der Waals surface area (Å²) in [5.41, 5.74) is 0. The first kappa shape index (κ1) is 17.5. The summed E-state index contributed by atoms with van der Waals surface area (Å²) in [6.07, 6.45) is 14.5. The van der Waals surface area contributed by atoms with E-state index >= 15 is 0 Å². The molecule has 0 aliphatic carbocycles. The summed E-state index contributed by atoms with van der Waals surface area (Å²) in [5, 5.41) is 8.63. The SMILES string of the molecule is CCCCC/C=C/C(Cl)CCCCCCC(=O)O. The van der Waals surface area contributed by atoms with Gasteiger partial charge in [0.05, 0.1) is 5.38 Å². The summed E-state index contributed by atoms with van der Waals surface area (Å²) in [6, 6.07) is 0. The number of halogens is 1. The fourth-order valence-electron chi connectivity index (χ4n) is 1.82. The lowest BCUT2D eigenvalue weighted by atomic mass is 10.1. The number of carboxylic acid groups (broad SMARTS) is 1. The van der Waals surface area contributed by atoms with Crippen molar-refractivity contribution in [3.05, 3.63) is 12.2 Å². The molecule has 0 saturated carbocycles. The van der Waals surface area contributed by atoms with Gasteiger partial charge in [0.25, 0.3) is 0 Å². The minimum Gasteiger partial charge on any atom is -0.481 e. The van der Waals surface area contributed by atoms with E-state index in [1.165, 1.54) is 19.3 Å². The standard InChI is InChI=1S/C15H27ClO2/c1-2-3-4-5-8-11-14(16)12-9-6-7-10-13-15(17)18/h8,11,14H,2-7,9-10,12-13H2,1H3,(H,17,18)/b11-8+. The van der Waals surface area contributed by atoms with Gasteiger partial charge in [-0.2, -0.15) is 0 Å². The van der Waals surface area contributed by atoms with Crippen LogP contribution in [0.3, 0.4) is 0 Å². The normalized spacial score (nSPS) is 13.0. The van der Waals surface area contributed by atoms with Gasteiger partial charge in [0, 0.05) is 6.42 Å². The Labute approximate surface area is 116 Å². The first-order valence-corrected chi connectivity index (χ1v) is 7.63. The minimum absolute atomic E-state index is 0.145. The minimum atomic E-state index is -0.694. The van der Waals surface area contributed by atoms with Gasteiger partial charge in [-0.25, -0.2) is 0 Å². The van der Waals surface area contributed by atoms with Crippen molar-refractivity contribution in [1.82, 2.24) is 0 Å². The van der Waals surface area contributed by atoms with Crippen molar-refractivity contribution in [3.63, 3.8) is 0 Å². The fraction of sp³-hybridized carbons (Fsp3) is 0.800. The Morgan fingerprint density at radius 2 is 1.89 bits per heavy atom. The van der Waals surface area contributed by atoms with Gasteiger partial charge < -0.3 is 5.11 Å². The average Bonchev–Trinajstić information content (AvgIpc) is 2.33. The molecule has 106 valence electrons. The fourth-order valence-corrected chi connectivity index (χ4v) is 2.08. The Balaban J connectivity index is 3.30. The van der Waals surface area contributed by atoms with Crippen LogP contribution in [0.1, 0.15) is 71.1 Å². The van der Waals surface area contributed by atoms with Crippen LogP contribution in [0.2, 0.25) is 0 Å². The first-order chi connectivity index (χ1) is 8.66. The van der Waals surface area contributed by atoms with Gasteiger partial charge in [-0.15, -0.1) is 11.6 Å². The summed E-state index contributed by atoms with van der Waals surface area (Å²) in [7, 11) is 0. The van der Waals surface area contributed by atoms with Crippen LogP contribution in [0.15, 0.2) is 12.2 Å². The second-order valence-corrected chi connectivity index (χ2v) is 5.35. The zero-order valence-corrected chi connectivity index (χ0v) is 12.3. The van der Waals surface area contributed by atoms with E-state index in [-0.39, 0.29) is 5.38 Å². The van der Waals surface area contributed by atoms with Crippen LogP contribution in [-0.2, 0) is 4.79 Å². The molecule has 0 bridgehead atoms. The Morgan fingerprint density at radius 3 is 2.56 bits per heavy atom. The molecule has 0 fully saturated rings. The van der Waals surface area contributed by atoms with Gasteiger partial charge >= 0.3 is 5.97 Å². The monoisotopic (exact) mass is 274 g/mol. The van der Waals surface area contributed by atoms with Gasteiger partial charge in [-0.3, -0.25) is 4.79 Å². The quantitative estimate of drug-likeness (QED) is 0.303. The molecule has 0 aliphatic heterocycles. The van der Waals surface area contributed by atoms with Crippen molar-refractivity contribution in [1.29, 1.82) is 0 Å². The summed E-state index contributed by atoms with van der Waals surface area (Å²) >= 11 is 6.18. The van der Waals surface area contributed by atoms with E-state index in [1.807, 2.05) is 0 Å². The third-order valence-electron chi connectivity index (χ3n) is 2.94. The number of hydrogen-bond acceptors (Lipinski definition) is 1. The number of allylic oxidation sites excluding steroid dienone is 2. The second-order valence-electron chi connectivity index (χ2n) is 4.79. The molecule has 0 rings (SSSR count). The van der Waals surface area contributed by atoms with Crippen LogP contribution in [0.5, 0.6) is 0 Å². The van der Waals surface area contributed by atoms with E-state index in [9.17, 15) is 4.79 Å². The maximum absolute atomic E-state index is 10.3. The van der Waals surface area contributed by atoms with Crippen LogP contribution in [0, 0.1) is 0 Å². The lowest BCUT2D eigenvalue weighted by Gasteiger charge is -2.04. The molecular formula is C15H27ClO2. The number of rotatable bonds is 12. The highest BCUT2D eigenvalue weighted by atomic mass is 35.5. The van der Waals surface area contributed by atoms with Crippen LogP contribution >= 0.6 is 11.6 Å². The lowest BCUT2D eigenvalue weighted by Crippen LogP contribution is -1.95. The van der Waals surface area contributed by atoms with Gasteiger partial charge in [0.1, 0.15) is 0 Å². The van der Waals surface area contributed by atoms with E-state index in [0.717, 1.165) is 38.5 Å². The van der Waals surface area contributed by atoms with Gasteiger partial charge in [0.15, 0.2) is 0 Å². The van der Waals surface area contributed by atoms with E-state index in [4.69, 9.17) is 16.7 Å². The molecule has 2 nitrogen and oxygen atoms in total. The summed E-state index contributed by atoms with van der Waals surface area (Å²) in [6.45, 7) is 2.21. The van der Waals surface area contributed by atoms with Crippen molar-refractivity contribution in [3.8, 4) is 0 Å². The molecule has 1 unspecified atom stereocenters. The van der Waals surface area contributed by atoms with E-state index < -0.39 is 5.97 Å². The van der Waals surface area contributed by atoms with Crippen molar-refractivity contribution in [2.75, 3.05) is 0 Å². The molecular weight excluding hydrogens is 248 g/mol. The summed E-state index contributed by atoms with van der Waals surface area (Å²) < 4.78 is 0. The molecule has 18 heavy (non-hydrogen) atoms. The largest absolute Gasteiger partial charge is 0.481 e. The molecule has 1 atom stereocenters. The van der Waals surface area contributed by atoms with Crippen LogP contribution in [0.25, 0.3) is 0 Å². The predicted molar refractivity (Wildman–Crippen MR) is 78.3 cm³/mol. The Bertz CT molecular complexity index is 227. The molecule has 3 heteroatoms. The van der Waals surface area contributed by atoms with Crippen LogP contribution in [-0.4, -0.2) is 16.5 Å². The average molecular weight is 275 g/mol. The number of hydrogen-bond donors (Lipinski definition) is 1. The molecule has 0 aromatic heterocycles. The zero-order chi connectivity index (χ0) is 13.6. The lowest BCUT2D eigenvalue weighted by molar-refractivity contribution is -0.137. The zero-order valence-electron chi connectivity index (χ0n) is 11.5. The summed E-state index contributed by atoms with van der Waals surface area (Å²) in [5.74, 6) is -0.694. The van der Waals surface area contributed by atoms with Gasteiger partial charge in [0.2, 0.25) is 0 Å². The highest BCUT2D eigenvalue weighted by Crippen LogP contribution is 2.13. The smallest absolute Gasteiger partial charge is 0.303 e. The van der Waals surface area contributed by atoms with E-state index in [1.54, 1.807) is 0 Å². The Kier molecular flexibility index (Phi) is 12.6. The third kappa shape index (κ3) is 13.6. The van der Waals surface area contributed by atoms with Crippen LogP contribution < -0.4 is 0 Å². The highest BCUT2D eigenvalue weighted by Gasteiger charge is 2.00. The van der Waals surface area contributed by atoms with Crippen LogP contribution in [0.4, 0.5) is 0 Å². The Hall–Kier alpha value is -0.500. The summed E-state index contributed by atoms with van der Waals surface area (Å²) in [4.78, 5) is 10.3. The van der Waals surface area contributed by atoms with E-state index in [2.05, 4.69) is 19.1 Å². The highest BCUT2D eigenvalue weighted by molar-refractivity contribution is 6.21. The van der Waals surface area contributed by atoms with E-state index in [0.29, 0.717) is 6.42 Å². The molecule has 0 heterocycles. The molecule has 0 spiro atoms. The number of carbonyl (C=O) groups is 1. The molecule has 0 aliphatic rings. The topological polar surface area (TPSA) is 37.3 Å². The number of alkyl halides is 1. The van der Waals surface area contributed by atoms with Gasteiger partial charge in [-0.1, -0.05) is 51.2 Å². The van der Waals surface area contributed by atoms with Crippen molar-refractivity contribution in [2.45, 2.75) is 76.5 Å².